The maximum atomic E-state index is 11.8. The van der Waals surface area contributed by atoms with Crippen molar-refractivity contribution in [3.8, 4) is 11.3 Å². The van der Waals surface area contributed by atoms with Crippen LogP contribution in [0.1, 0.15) is 12.5 Å². The third-order valence-electron chi connectivity index (χ3n) is 4.08. The van der Waals surface area contributed by atoms with Crippen molar-refractivity contribution in [2.24, 2.45) is 12.8 Å². The normalized spacial score (nSPS) is 11.9. The average Bonchev–Trinajstić information content (AvgIpc) is 3.27. The minimum atomic E-state index is -0.319. The number of benzene rings is 1. The molecular weight excluding hydrogens is 354 g/mol. The second kappa shape index (κ2) is 8.26. The average molecular weight is 377 g/mol. The molecule has 0 bridgehead atoms. The molecule has 2 aromatic heterocycles. The number of allylic oxidation sites excluding steroid dienone is 4. The van der Waals surface area contributed by atoms with Gasteiger partial charge in [-0.15, -0.1) is 0 Å². The first-order valence-corrected chi connectivity index (χ1v) is 8.84. The van der Waals surface area contributed by atoms with Gasteiger partial charge in [-0.05, 0) is 42.5 Å². The van der Waals surface area contributed by atoms with Crippen LogP contribution >= 0.6 is 0 Å². The number of hydrogen-bond donors (Lipinski definition) is 4. The van der Waals surface area contributed by atoms with Crippen molar-refractivity contribution in [2.75, 3.05) is 11.9 Å². The number of aryl methyl sites for hydroxylation is 1. The molecule has 1 aromatic carbocycles. The lowest BCUT2D eigenvalue weighted by Gasteiger charge is -2.06. The number of anilines is 1. The number of aromatic amines is 1. The van der Waals surface area contributed by atoms with Crippen molar-refractivity contribution in [3.63, 3.8) is 0 Å². The number of nitrogens with zero attached hydrogens (tertiary/aromatic N) is 3. The predicted octanol–water partition coefficient (Wildman–Crippen LogP) is 3.15. The van der Waals surface area contributed by atoms with Gasteiger partial charge in [-0.25, -0.2) is 14.8 Å². The molecule has 0 radical (unpaired) electrons. The molecule has 2 heterocycles. The van der Waals surface area contributed by atoms with Gasteiger partial charge >= 0.3 is 6.03 Å². The van der Waals surface area contributed by atoms with Crippen LogP contribution in [0.2, 0.25) is 0 Å². The lowest BCUT2D eigenvalue weighted by Crippen LogP contribution is -2.28. The van der Waals surface area contributed by atoms with Crippen molar-refractivity contribution >= 4 is 28.6 Å². The molecule has 0 saturated carbocycles. The third kappa shape index (κ3) is 3.96. The van der Waals surface area contributed by atoms with Crippen LogP contribution in [-0.2, 0) is 7.05 Å². The van der Waals surface area contributed by atoms with E-state index in [-0.39, 0.29) is 6.03 Å². The van der Waals surface area contributed by atoms with Gasteiger partial charge in [0.25, 0.3) is 0 Å². The summed E-state index contributed by atoms with van der Waals surface area (Å²) in [6.07, 6.45) is 10.5. The molecule has 0 spiro atoms. The van der Waals surface area contributed by atoms with Crippen LogP contribution in [0, 0.1) is 0 Å². The molecule has 0 atom stereocenters. The van der Waals surface area contributed by atoms with Crippen LogP contribution in [0.25, 0.3) is 27.9 Å². The van der Waals surface area contributed by atoms with Gasteiger partial charge in [0.15, 0.2) is 0 Å². The van der Waals surface area contributed by atoms with Crippen molar-refractivity contribution < 1.29 is 4.79 Å². The van der Waals surface area contributed by atoms with Crippen LogP contribution in [0.5, 0.6) is 0 Å². The maximum absolute atomic E-state index is 11.8. The summed E-state index contributed by atoms with van der Waals surface area (Å²) >= 11 is 0. The van der Waals surface area contributed by atoms with E-state index in [1.807, 2.05) is 42.9 Å². The highest BCUT2D eigenvalue weighted by molar-refractivity contribution is 5.97. The Balaban J connectivity index is 2.16. The fourth-order valence-corrected chi connectivity index (χ4v) is 2.85. The summed E-state index contributed by atoms with van der Waals surface area (Å²) in [5.74, 6) is 0.362. The van der Waals surface area contributed by atoms with Gasteiger partial charge in [-0.2, -0.15) is 0 Å². The molecule has 0 aliphatic carbocycles. The highest BCUT2D eigenvalue weighted by Gasteiger charge is 2.15. The molecule has 0 unspecified atom stereocenters. The zero-order valence-corrected chi connectivity index (χ0v) is 15.9. The Bertz CT molecular complexity index is 1070. The van der Waals surface area contributed by atoms with Crippen LogP contribution < -0.4 is 16.4 Å². The largest absolute Gasteiger partial charge is 0.405 e. The SMILES string of the molecule is C=C/C(=C\C=C/N)c1cc(-c2cn(C)cn2)c2[nH]c(NC(=O)NCC)nc2c1. The topological polar surface area (TPSA) is 114 Å². The summed E-state index contributed by atoms with van der Waals surface area (Å²) in [6.45, 7) is 6.26. The monoisotopic (exact) mass is 377 g/mol. The first-order chi connectivity index (χ1) is 13.5. The molecule has 8 nitrogen and oxygen atoms in total. The molecule has 0 aliphatic heterocycles. The Hall–Kier alpha value is -3.81. The number of amides is 2. The number of nitrogens with two attached hydrogens (primary N) is 1. The van der Waals surface area contributed by atoms with Gasteiger partial charge in [0.05, 0.1) is 23.1 Å². The number of carbonyl (C=O) groups excluding carboxylic acids is 1. The van der Waals surface area contributed by atoms with Crippen molar-refractivity contribution in [1.29, 1.82) is 0 Å². The van der Waals surface area contributed by atoms with Gasteiger partial charge in [-0.3, -0.25) is 5.32 Å². The molecule has 2 amide bonds. The molecule has 8 heteroatoms. The summed E-state index contributed by atoms with van der Waals surface area (Å²) in [7, 11) is 1.91. The number of carbonyl (C=O) groups is 1. The van der Waals surface area contributed by atoms with Gasteiger partial charge in [0, 0.05) is 25.4 Å². The van der Waals surface area contributed by atoms with E-state index in [0.29, 0.717) is 18.0 Å². The second-order valence-electron chi connectivity index (χ2n) is 6.12. The van der Waals surface area contributed by atoms with Crippen LogP contribution in [-0.4, -0.2) is 32.1 Å². The van der Waals surface area contributed by atoms with Crippen LogP contribution in [0.4, 0.5) is 10.7 Å². The highest BCUT2D eigenvalue weighted by atomic mass is 16.2. The van der Waals surface area contributed by atoms with Gasteiger partial charge in [0.2, 0.25) is 5.95 Å². The molecule has 3 aromatic rings. The number of urea groups is 1. The first-order valence-electron chi connectivity index (χ1n) is 8.84. The fraction of sp³-hybridized carbons (Fsp3) is 0.150. The summed E-state index contributed by atoms with van der Waals surface area (Å²) in [5, 5.41) is 5.39. The Morgan fingerprint density at radius 2 is 2.25 bits per heavy atom. The molecule has 5 N–H and O–H groups in total. The Morgan fingerprint density at radius 3 is 2.89 bits per heavy atom. The van der Waals surface area contributed by atoms with E-state index in [1.165, 1.54) is 6.20 Å². The number of H-pyrrole nitrogens is 1. The van der Waals surface area contributed by atoms with E-state index in [1.54, 1.807) is 18.5 Å². The molecular formula is C20H23N7O. The van der Waals surface area contributed by atoms with Crippen molar-refractivity contribution in [2.45, 2.75) is 6.92 Å². The lowest BCUT2D eigenvalue weighted by atomic mass is 10.00. The Morgan fingerprint density at radius 1 is 1.43 bits per heavy atom. The number of rotatable bonds is 6. The van der Waals surface area contributed by atoms with Crippen LogP contribution in [0.15, 0.2) is 55.7 Å². The molecule has 144 valence electrons. The quantitative estimate of drug-likeness (QED) is 0.494. The van der Waals surface area contributed by atoms with Gasteiger partial charge in [0.1, 0.15) is 0 Å². The third-order valence-corrected chi connectivity index (χ3v) is 4.08. The highest BCUT2D eigenvalue weighted by Crippen LogP contribution is 2.31. The summed E-state index contributed by atoms with van der Waals surface area (Å²) in [4.78, 5) is 24.0. The van der Waals surface area contributed by atoms with E-state index in [2.05, 4.69) is 32.2 Å². The zero-order chi connectivity index (χ0) is 20.1. The Labute approximate surface area is 162 Å². The zero-order valence-electron chi connectivity index (χ0n) is 15.9. The van der Waals surface area contributed by atoms with E-state index in [0.717, 1.165) is 27.9 Å². The van der Waals surface area contributed by atoms with Crippen LogP contribution in [0.3, 0.4) is 0 Å². The van der Waals surface area contributed by atoms with Crippen molar-refractivity contribution in [3.05, 3.63) is 61.2 Å². The molecule has 3 rings (SSSR count). The number of fused-ring (bicyclic) bond motifs is 1. The minimum Gasteiger partial charge on any atom is -0.405 e. The summed E-state index contributed by atoms with van der Waals surface area (Å²) in [6, 6.07) is 3.62. The molecule has 0 fully saturated rings. The first kappa shape index (κ1) is 19.0. The van der Waals surface area contributed by atoms with Gasteiger partial charge in [-0.1, -0.05) is 18.7 Å². The second-order valence-corrected chi connectivity index (χ2v) is 6.12. The lowest BCUT2D eigenvalue weighted by molar-refractivity contribution is 0.252. The molecule has 0 saturated heterocycles. The number of hydrogen-bond acceptors (Lipinski definition) is 4. The fourth-order valence-electron chi connectivity index (χ4n) is 2.85. The predicted molar refractivity (Wildman–Crippen MR) is 112 cm³/mol. The summed E-state index contributed by atoms with van der Waals surface area (Å²) in [5.41, 5.74) is 10.4. The number of aromatic nitrogens is 4. The Kier molecular flexibility index (Phi) is 5.59. The standard InChI is InChI=1S/C20H23N7O/c1-4-13(7-6-8-21)14-9-15(17-11-27(3)12-23-17)18-16(10-14)24-19(25-18)26-20(28)22-5-2/h4,6-12H,1,5,21H2,2-3H3,(H3,22,24,25,26,28)/b8-6-,13-7+. The van der Waals surface area contributed by atoms with E-state index >= 15 is 0 Å². The minimum absolute atomic E-state index is 0.319. The smallest absolute Gasteiger partial charge is 0.321 e. The number of nitrogens with one attached hydrogen (secondary N) is 3. The molecule has 0 aliphatic rings. The van der Waals surface area contributed by atoms with E-state index in [9.17, 15) is 4.79 Å². The van der Waals surface area contributed by atoms with E-state index in [4.69, 9.17) is 5.73 Å². The summed E-state index contributed by atoms with van der Waals surface area (Å²) < 4.78 is 1.87. The number of imidazole rings is 2. The van der Waals surface area contributed by atoms with E-state index < -0.39 is 0 Å². The maximum Gasteiger partial charge on any atom is 0.321 e. The van der Waals surface area contributed by atoms with Crippen molar-refractivity contribution in [1.82, 2.24) is 24.8 Å². The van der Waals surface area contributed by atoms with Gasteiger partial charge < -0.3 is 20.6 Å². The molecule has 28 heavy (non-hydrogen) atoms.